The van der Waals surface area contributed by atoms with Crippen LogP contribution in [0.25, 0.3) is 0 Å². The SMILES string of the molecule is CC(C)(C)OC(=O)Nc1ccc(C(F)(F)F)cc1NC(=O)CC(=O)C(/C=C\N)=C/N. The number of carbonyl (C=O) groups is 3. The minimum Gasteiger partial charge on any atom is -0.444 e. The number of Topliss-reactive ketones (excluding diaryl/α,β-unsaturated/α-hetero) is 1. The number of ether oxygens (including phenoxy) is 1. The molecule has 0 aromatic heterocycles. The summed E-state index contributed by atoms with van der Waals surface area (Å²) in [6.45, 7) is 4.81. The lowest BCUT2D eigenvalue weighted by atomic mass is 10.1. The third-order valence-electron chi connectivity index (χ3n) is 3.36. The van der Waals surface area contributed by atoms with Crippen molar-refractivity contribution in [2.24, 2.45) is 11.5 Å². The second kappa shape index (κ2) is 9.81. The van der Waals surface area contributed by atoms with Crippen LogP contribution in [-0.2, 0) is 20.5 Å². The highest BCUT2D eigenvalue weighted by Crippen LogP contribution is 2.34. The maximum absolute atomic E-state index is 13.0. The first-order chi connectivity index (χ1) is 13.8. The fourth-order valence-electron chi connectivity index (χ4n) is 2.13. The Kier molecular flexibility index (Phi) is 8.02. The first-order valence-electron chi connectivity index (χ1n) is 8.61. The standard InChI is InChI=1S/C19H23F3N4O4/c1-18(2,3)30-17(29)26-13-5-4-12(19(20,21)22)8-14(13)25-16(28)9-15(27)11(10-24)6-7-23/h4-8,10H,9,23-24H2,1-3H3,(H,25,28)(H,26,29)/b7-6-,11-10+. The van der Waals surface area contributed by atoms with E-state index in [9.17, 15) is 27.6 Å². The van der Waals surface area contributed by atoms with Crippen molar-refractivity contribution in [2.45, 2.75) is 39.0 Å². The van der Waals surface area contributed by atoms with Crippen molar-refractivity contribution in [1.82, 2.24) is 0 Å². The van der Waals surface area contributed by atoms with E-state index in [0.717, 1.165) is 24.5 Å². The quantitative estimate of drug-likeness (QED) is 0.312. The number of hydrogen-bond donors (Lipinski definition) is 4. The molecule has 6 N–H and O–H groups in total. The predicted molar refractivity (Wildman–Crippen MR) is 105 cm³/mol. The van der Waals surface area contributed by atoms with Crippen LogP contribution in [0.5, 0.6) is 0 Å². The van der Waals surface area contributed by atoms with Gasteiger partial charge in [-0.25, -0.2) is 4.79 Å². The molecule has 0 saturated heterocycles. The van der Waals surface area contributed by atoms with Crippen LogP contribution in [0.3, 0.4) is 0 Å². The highest BCUT2D eigenvalue weighted by atomic mass is 19.4. The average Bonchev–Trinajstić information content (AvgIpc) is 2.58. The number of benzene rings is 1. The van der Waals surface area contributed by atoms with E-state index in [1.807, 2.05) is 0 Å². The second-order valence-corrected chi connectivity index (χ2v) is 7.01. The maximum atomic E-state index is 13.0. The minimum atomic E-state index is -4.69. The molecule has 0 saturated carbocycles. The third-order valence-corrected chi connectivity index (χ3v) is 3.36. The number of nitrogens with one attached hydrogen (secondary N) is 2. The number of alkyl halides is 3. The van der Waals surface area contributed by atoms with Gasteiger partial charge < -0.3 is 21.5 Å². The number of nitrogens with two attached hydrogens (primary N) is 2. The van der Waals surface area contributed by atoms with E-state index < -0.39 is 41.5 Å². The zero-order valence-electron chi connectivity index (χ0n) is 16.6. The van der Waals surface area contributed by atoms with Crippen LogP contribution in [0, 0.1) is 0 Å². The molecule has 1 rings (SSSR count). The first kappa shape index (κ1) is 24.5. The van der Waals surface area contributed by atoms with Gasteiger partial charge in [0.2, 0.25) is 5.91 Å². The van der Waals surface area contributed by atoms with Crippen molar-refractivity contribution < 1.29 is 32.3 Å². The van der Waals surface area contributed by atoms with E-state index in [1.165, 1.54) is 6.08 Å². The van der Waals surface area contributed by atoms with Gasteiger partial charge in [0, 0.05) is 11.8 Å². The monoisotopic (exact) mass is 428 g/mol. The van der Waals surface area contributed by atoms with E-state index in [-0.39, 0.29) is 16.9 Å². The lowest BCUT2D eigenvalue weighted by Crippen LogP contribution is -2.28. The van der Waals surface area contributed by atoms with Crippen LogP contribution in [-0.4, -0.2) is 23.4 Å². The van der Waals surface area contributed by atoms with Gasteiger partial charge in [-0.1, -0.05) is 0 Å². The maximum Gasteiger partial charge on any atom is 0.416 e. The minimum absolute atomic E-state index is 0.0520. The summed E-state index contributed by atoms with van der Waals surface area (Å²) in [6, 6.07) is 2.33. The molecule has 0 bridgehead atoms. The number of hydrogen-bond acceptors (Lipinski definition) is 6. The second-order valence-electron chi connectivity index (χ2n) is 7.01. The summed E-state index contributed by atoms with van der Waals surface area (Å²) in [5, 5.41) is 4.46. The predicted octanol–water partition coefficient (Wildman–Crippen LogP) is 3.27. The molecule has 30 heavy (non-hydrogen) atoms. The molecule has 0 aliphatic heterocycles. The number of rotatable bonds is 6. The Morgan fingerprint density at radius 1 is 1.07 bits per heavy atom. The number of anilines is 2. The molecule has 0 spiro atoms. The molecule has 11 heteroatoms. The summed E-state index contributed by atoms with van der Waals surface area (Å²) in [6.07, 6.45) is -3.18. The van der Waals surface area contributed by atoms with E-state index in [2.05, 4.69) is 10.6 Å². The number of halogens is 3. The van der Waals surface area contributed by atoms with Gasteiger partial charge in [0.1, 0.15) is 5.60 Å². The van der Waals surface area contributed by atoms with Crippen molar-refractivity contribution in [2.75, 3.05) is 10.6 Å². The van der Waals surface area contributed by atoms with Crippen molar-refractivity contribution in [3.63, 3.8) is 0 Å². The summed E-state index contributed by atoms with van der Waals surface area (Å²) in [4.78, 5) is 36.2. The molecule has 0 aliphatic carbocycles. The Morgan fingerprint density at radius 3 is 2.20 bits per heavy atom. The molecule has 0 radical (unpaired) electrons. The molecule has 1 aromatic carbocycles. The summed E-state index contributed by atoms with van der Waals surface area (Å²) >= 11 is 0. The number of allylic oxidation sites excluding steroid dienone is 2. The van der Waals surface area contributed by atoms with Crippen molar-refractivity contribution in [1.29, 1.82) is 0 Å². The highest BCUT2D eigenvalue weighted by molar-refractivity contribution is 6.12. The van der Waals surface area contributed by atoms with Gasteiger partial charge in [0.15, 0.2) is 5.78 Å². The molecular weight excluding hydrogens is 405 g/mol. The van der Waals surface area contributed by atoms with Crippen molar-refractivity contribution in [3.8, 4) is 0 Å². The Morgan fingerprint density at radius 2 is 1.70 bits per heavy atom. The lowest BCUT2D eigenvalue weighted by Gasteiger charge is -2.21. The van der Waals surface area contributed by atoms with E-state index >= 15 is 0 Å². The Bertz CT molecular complexity index is 872. The van der Waals surface area contributed by atoms with Gasteiger partial charge in [-0.15, -0.1) is 0 Å². The normalized spacial score (nSPS) is 12.5. The fourth-order valence-corrected chi connectivity index (χ4v) is 2.13. The molecule has 0 unspecified atom stereocenters. The van der Waals surface area contributed by atoms with Crippen molar-refractivity contribution in [3.05, 3.63) is 47.8 Å². The number of carbonyl (C=O) groups excluding carboxylic acids is 3. The Hall–Kier alpha value is -3.50. The van der Waals surface area contributed by atoms with Crippen LogP contribution >= 0.6 is 0 Å². The van der Waals surface area contributed by atoms with Crippen LogP contribution in [0.2, 0.25) is 0 Å². The van der Waals surface area contributed by atoms with Crippen LogP contribution in [0.4, 0.5) is 29.3 Å². The first-order valence-corrected chi connectivity index (χ1v) is 8.61. The van der Waals surface area contributed by atoms with Gasteiger partial charge in [0.25, 0.3) is 0 Å². The van der Waals surface area contributed by atoms with Crippen molar-refractivity contribution >= 4 is 29.2 Å². The van der Waals surface area contributed by atoms with Gasteiger partial charge in [-0.05, 0) is 51.2 Å². The van der Waals surface area contributed by atoms with Gasteiger partial charge >= 0.3 is 12.3 Å². The van der Waals surface area contributed by atoms with Crippen LogP contribution in [0.15, 0.2) is 42.2 Å². The third kappa shape index (κ3) is 7.86. The summed E-state index contributed by atoms with van der Waals surface area (Å²) < 4.78 is 44.2. The van der Waals surface area contributed by atoms with E-state index in [1.54, 1.807) is 20.8 Å². The molecule has 0 fully saturated rings. The molecule has 0 atom stereocenters. The Labute approximate surface area is 171 Å². The number of ketones is 1. The van der Waals surface area contributed by atoms with Crippen LogP contribution in [0.1, 0.15) is 32.8 Å². The molecule has 164 valence electrons. The van der Waals surface area contributed by atoms with Gasteiger partial charge in [-0.3, -0.25) is 14.9 Å². The van der Waals surface area contributed by atoms with Gasteiger partial charge in [0.05, 0.1) is 23.4 Å². The molecular formula is C19H23F3N4O4. The fraction of sp³-hybridized carbons (Fsp3) is 0.316. The summed E-state index contributed by atoms with van der Waals surface area (Å²) in [5.41, 5.74) is 7.98. The molecule has 8 nitrogen and oxygen atoms in total. The molecule has 0 heterocycles. The molecule has 2 amide bonds. The lowest BCUT2D eigenvalue weighted by molar-refractivity contribution is -0.137. The molecule has 1 aromatic rings. The van der Waals surface area contributed by atoms with E-state index in [0.29, 0.717) is 6.07 Å². The highest BCUT2D eigenvalue weighted by Gasteiger charge is 2.31. The largest absolute Gasteiger partial charge is 0.444 e. The summed E-state index contributed by atoms with van der Waals surface area (Å²) in [7, 11) is 0. The molecule has 0 aliphatic rings. The zero-order chi connectivity index (χ0) is 23.1. The Balaban J connectivity index is 3.13. The zero-order valence-corrected chi connectivity index (χ0v) is 16.6. The topological polar surface area (TPSA) is 137 Å². The van der Waals surface area contributed by atoms with Crippen LogP contribution < -0.4 is 22.1 Å². The summed E-state index contributed by atoms with van der Waals surface area (Å²) in [5.74, 6) is -1.62. The van der Waals surface area contributed by atoms with E-state index in [4.69, 9.17) is 16.2 Å². The average molecular weight is 428 g/mol. The smallest absolute Gasteiger partial charge is 0.416 e. The number of amides is 2. The van der Waals surface area contributed by atoms with Gasteiger partial charge in [-0.2, -0.15) is 13.2 Å².